The molecule has 0 radical (unpaired) electrons. The number of anilines is 1. The molecule has 1 aromatic carbocycles. The zero-order chi connectivity index (χ0) is 13.6. The Bertz CT molecular complexity index is 485. The highest BCUT2D eigenvalue weighted by Crippen LogP contribution is 2.48. The van der Waals surface area contributed by atoms with Crippen LogP contribution < -0.4 is 10.6 Å². The molecule has 4 atom stereocenters. The zero-order valence-corrected chi connectivity index (χ0v) is 11.1. The van der Waals surface area contributed by atoms with Crippen LogP contribution in [0.25, 0.3) is 0 Å². The minimum atomic E-state index is -0.291. The van der Waals surface area contributed by atoms with E-state index in [4.69, 9.17) is 5.73 Å². The minimum absolute atomic E-state index is 0.00542. The summed E-state index contributed by atoms with van der Waals surface area (Å²) in [6.45, 7) is 0. The Balaban J connectivity index is 1.78. The van der Waals surface area contributed by atoms with Crippen molar-refractivity contribution in [2.75, 3.05) is 11.9 Å². The van der Waals surface area contributed by atoms with Crippen LogP contribution in [0.3, 0.4) is 0 Å². The molecule has 0 aliphatic heterocycles. The van der Waals surface area contributed by atoms with Gasteiger partial charge in [-0.15, -0.1) is 0 Å². The van der Waals surface area contributed by atoms with Gasteiger partial charge in [0.1, 0.15) is 5.82 Å². The second-order valence-corrected chi connectivity index (χ2v) is 5.81. The first-order valence-corrected chi connectivity index (χ1v) is 6.86. The maximum absolute atomic E-state index is 12.9. The maximum atomic E-state index is 12.9. The lowest BCUT2D eigenvalue weighted by Crippen LogP contribution is -2.46. The summed E-state index contributed by atoms with van der Waals surface area (Å²) >= 11 is 0. The van der Waals surface area contributed by atoms with Crippen LogP contribution in [0.2, 0.25) is 0 Å². The molecule has 0 heterocycles. The van der Waals surface area contributed by atoms with Gasteiger partial charge in [-0.25, -0.2) is 4.39 Å². The molecule has 2 bridgehead atoms. The molecule has 2 saturated carbocycles. The quantitative estimate of drug-likeness (QED) is 0.887. The molecule has 0 spiro atoms. The molecule has 2 aliphatic carbocycles. The van der Waals surface area contributed by atoms with Gasteiger partial charge in [-0.1, -0.05) is 0 Å². The van der Waals surface area contributed by atoms with Crippen LogP contribution in [0, 0.1) is 23.6 Å². The molecule has 2 fully saturated rings. The molecular formula is C15H19FN2O. The predicted octanol–water partition coefficient (Wildman–Crippen LogP) is 2.16. The lowest BCUT2D eigenvalue weighted by atomic mass is 9.84. The Hall–Kier alpha value is -1.42. The summed E-state index contributed by atoms with van der Waals surface area (Å²) < 4.78 is 12.9. The van der Waals surface area contributed by atoms with E-state index in [2.05, 4.69) is 0 Å². The van der Waals surface area contributed by atoms with Gasteiger partial charge in [0, 0.05) is 18.8 Å². The normalized spacial score (nSPS) is 32.6. The number of rotatable bonds is 2. The van der Waals surface area contributed by atoms with Gasteiger partial charge in [-0.2, -0.15) is 0 Å². The van der Waals surface area contributed by atoms with Crippen molar-refractivity contribution in [1.82, 2.24) is 0 Å². The van der Waals surface area contributed by atoms with Crippen LogP contribution >= 0.6 is 0 Å². The van der Waals surface area contributed by atoms with Crippen molar-refractivity contribution >= 4 is 11.6 Å². The molecule has 2 N–H and O–H groups in total. The number of fused-ring (bicyclic) bond motifs is 2. The predicted molar refractivity (Wildman–Crippen MR) is 72.1 cm³/mol. The molecule has 1 aromatic rings. The van der Waals surface area contributed by atoms with Gasteiger partial charge in [0.15, 0.2) is 0 Å². The van der Waals surface area contributed by atoms with E-state index in [-0.39, 0.29) is 23.7 Å². The Morgan fingerprint density at radius 1 is 1.26 bits per heavy atom. The molecular weight excluding hydrogens is 243 g/mol. The third-order valence-corrected chi connectivity index (χ3v) is 4.81. The van der Waals surface area contributed by atoms with Crippen molar-refractivity contribution in [2.24, 2.45) is 23.5 Å². The number of nitrogens with zero attached hydrogens (tertiary/aromatic N) is 1. The lowest BCUT2D eigenvalue weighted by molar-refractivity contribution is -0.124. The fourth-order valence-electron chi connectivity index (χ4n) is 3.72. The van der Waals surface area contributed by atoms with Gasteiger partial charge in [0.05, 0.1) is 5.92 Å². The Morgan fingerprint density at radius 2 is 1.89 bits per heavy atom. The molecule has 0 saturated heterocycles. The van der Waals surface area contributed by atoms with E-state index in [0.717, 1.165) is 24.9 Å². The number of carbonyl (C=O) groups is 1. The molecule has 4 heteroatoms. The third-order valence-electron chi connectivity index (χ3n) is 4.81. The second kappa shape index (κ2) is 4.60. The first kappa shape index (κ1) is 12.6. The number of nitrogens with two attached hydrogens (primary N) is 1. The molecule has 3 rings (SSSR count). The van der Waals surface area contributed by atoms with Crippen LogP contribution in [0.4, 0.5) is 10.1 Å². The molecule has 0 aromatic heterocycles. The van der Waals surface area contributed by atoms with Crippen molar-refractivity contribution in [3.05, 3.63) is 30.1 Å². The summed E-state index contributed by atoms with van der Waals surface area (Å²) in [4.78, 5) is 14.2. The van der Waals surface area contributed by atoms with E-state index in [1.165, 1.54) is 12.1 Å². The highest BCUT2D eigenvalue weighted by molar-refractivity contribution is 5.95. The first-order valence-electron chi connectivity index (χ1n) is 6.86. The average molecular weight is 262 g/mol. The largest absolute Gasteiger partial charge is 0.327 e. The molecule has 19 heavy (non-hydrogen) atoms. The molecule has 2 aliphatic rings. The number of hydrogen-bond donors (Lipinski definition) is 1. The number of hydrogen-bond acceptors (Lipinski definition) is 2. The number of carbonyl (C=O) groups excluding carboxylic acids is 1. The number of amides is 1. The molecule has 102 valence electrons. The Kier molecular flexibility index (Phi) is 3.05. The SMILES string of the molecule is CN(C(=O)[C@@H]1[C@H]2CC[C@@H](C2)[C@H]1N)c1ccc(F)cc1. The van der Waals surface area contributed by atoms with E-state index >= 15 is 0 Å². The summed E-state index contributed by atoms with van der Waals surface area (Å²) in [7, 11) is 1.74. The first-order chi connectivity index (χ1) is 9.08. The summed E-state index contributed by atoms with van der Waals surface area (Å²) in [5.41, 5.74) is 6.92. The van der Waals surface area contributed by atoms with E-state index in [1.54, 1.807) is 24.1 Å². The van der Waals surface area contributed by atoms with Gasteiger partial charge in [-0.3, -0.25) is 4.79 Å². The standard InChI is InChI=1S/C15H19FN2O/c1-18(12-6-4-11(16)5-7-12)15(19)13-9-2-3-10(8-9)14(13)17/h4-7,9-10,13-14H,2-3,8,17H2,1H3/t9-,10-,13+,14+/m0/s1. The van der Waals surface area contributed by atoms with Crippen LogP contribution in [0.15, 0.2) is 24.3 Å². The number of halogens is 1. The van der Waals surface area contributed by atoms with E-state index < -0.39 is 0 Å². The fraction of sp³-hybridized carbons (Fsp3) is 0.533. The second-order valence-electron chi connectivity index (χ2n) is 5.81. The van der Waals surface area contributed by atoms with Gasteiger partial charge < -0.3 is 10.6 Å². The van der Waals surface area contributed by atoms with Crippen LogP contribution in [0.1, 0.15) is 19.3 Å². The van der Waals surface area contributed by atoms with E-state index in [0.29, 0.717) is 11.8 Å². The van der Waals surface area contributed by atoms with Crippen molar-refractivity contribution in [3.63, 3.8) is 0 Å². The van der Waals surface area contributed by atoms with Crippen molar-refractivity contribution < 1.29 is 9.18 Å². The van der Waals surface area contributed by atoms with Crippen molar-refractivity contribution in [1.29, 1.82) is 0 Å². The van der Waals surface area contributed by atoms with Gasteiger partial charge in [0.25, 0.3) is 0 Å². The van der Waals surface area contributed by atoms with Gasteiger partial charge >= 0.3 is 0 Å². The maximum Gasteiger partial charge on any atom is 0.231 e. The summed E-state index contributed by atoms with van der Waals surface area (Å²) in [6, 6.07) is 6.01. The zero-order valence-electron chi connectivity index (χ0n) is 11.1. The van der Waals surface area contributed by atoms with Crippen LogP contribution in [-0.4, -0.2) is 19.0 Å². The smallest absolute Gasteiger partial charge is 0.231 e. The summed E-state index contributed by atoms with van der Waals surface area (Å²) in [6.07, 6.45) is 3.37. The number of benzene rings is 1. The summed E-state index contributed by atoms with van der Waals surface area (Å²) in [5, 5.41) is 0. The highest BCUT2D eigenvalue weighted by Gasteiger charge is 2.49. The monoisotopic (exact) mass is 262 g/mol. The Labute approximate surface area is 112 Å². The Morgan fingerprint density at radius 3 is 2.47 bits per heavy atom. The van der Waals surface area contributed by atoms with Crippen LogP contribution in [-0.2, 0) is 4.79 Å². The van der Waals surface area contributed by atoms with Gasteiger partial charge in [0.2, 0.25) is 5.91 Å². The minimum Gasteiger partial charge on any atom is -0.327 e. The molecule has 3 nitrogen and oxygen atoms in total. The topological polar surface area (TPSA) is 46.3 Å². The highest BCUT2D eigenvalue weighted by atomic mass is 19.1. The molecule has 1 amide bonds. The van der Waals surface area contributed by atoms with Crippen LogP contribution in [0.5, 0.6) is 0 Å². The lowest BCUT2D eigenvalue weighted by Gasteiger charge is -2.30. The molecule has 0 unspecified atom stereocenters. The van der Waals surface area contributed by atoms with E-state index in [1.807, 2.05) is 0 Å². The van der Waals surface area contributed by atoms with Crippen molar-refractivity contribution in [2.45, 2.75) is 25.3 Å². The van der Waals surface area contributed by atoms with E-state index in [9.17, 15) is 9.18 Å². The van der Waals surface area contributed by atoms with Gasteiger partial charge in [-0.05, 0) is 55.4 Å². The summed E-state index contributed by atoms with van der Waals surface area (Å²) in [5.74, 6) is 0.678. The average Bonchev–Trinajstić information content (AvgIpc) is 2.99. The van der Waals surface area contributed by atoms with Crippen molar-refractivity contribution in [3.8, 4) is 0 Å². The fourth-order valence-corrected chi connectivity index (χ4v) is 3.72. The third kappa shape index (κ3) is 2.04.